The van der Waals surface area contributed by atoms with E-state index in [9.17, 15) is 4.79 Å². The molecule has 2 aromatic heterocycles. The second-order valence-electron chi connectivity index (χ2n) is 5.47. The molecule has 22 heavy (non-hydrogen) atoms. The smallest absolute Gasteiger partial charge is 0.276 e. The van der Waals surface area contributed by atoms with Gasteiger partial charge in [-0.15, -0.1) is 5.10 Å². The average Bonchev–Trinajstić information content (AvgIpc) is 2.96. The van der Waals surface area contributed by atoms with Gasteiger partial charge in [0.05, 0.1) is 12.2 Å². The number of aromatic nitrogens is 3. The SMILES string of the molecule is Cc1ccc(OC2CCCN(C(=O)c3cc(C)on3)C2)nn1. The van der Waals surface area contributed by atoms with Gasteiger partial charge in [-0.25, -0.2) is 0 Å². The Bertz CT molecular complexity index is 653. The molecule has 0 spiro atoms. The highest BCUT2D eigenvalue weighted by atomic mass is 16.5. The lowest BCUT2D eigenvalue weighted by atomic mass is 10.1. The Morgan fingerprint density at radius 1 is 1.36 bits per heavy atom. The molecule has 0 N–H and O–H groups in total. The van der Waals surface area contributed by atoms with Crippen LogP contribution in [0.5, 0.6) is 5.88 Å². The van der Waals surface area contributed by atoms with E-state index >= 15 is 0 Å². The van der Waals surface area contributed by atoms with E-state index in [2.05, 4.69) is 15.4 Å². The Morgan fingerprint density at radius 2 is 2.23 bits per heavy atom. The Balaban J connectivity index is 1.63. The molecular weight excluding hydrogens is 284 g/mol. The van der Waals surface area contributed by atoms with Crippen molar-refractivity contribution >= 4 is 5.91 Å². The maximum absolute atomic E-state index is 12.4. The van der Waals surface area contributed by atoms with Crippen molar-refractivity contribution in [2.45, 2.75) is 32.8 Å². The second-order valence-corrected chi connectivity index (χ2v) is 5.47. The van der Waals surface area contributed by atoms with Crippen molar-refractivity contribution in [3.8, 4) is 5.88 Å². The number of aryl methyl sites for hydroxylation is 2. The van der Waals surface area contributed by atoms with Crippen molar-refractivity contribution in [3.05, 3.63) is 35.3 Å². The minimum absolute atomic E-state index is 0.0808. The molecular formula is C15H18N4O3. The van der Waals surface area contributed by atoms with Gasteiger partial charge in [0.15, 0.2) is 5.69 Å². The fourth-order valence-electron chi connectivity index (χ4n) is 2.47. The number of likely N-dealkylation sites (tertiary alicyclic amines) is 1. The van der Waals surface area contributed by atoms with Crippen LogP contribution in [0.1, 0.15) is 34.8 Å². The monoisotopic (exact) mass is 302 g/mol. The third-order valence-electron chi connectivity index (χ3n) is 3.57. The van der Waals surface area contributed by atoms with E-state index in [4.69, 9.17) is 9.26 Å². The summed E-state index contributed by atoms with van der Waals surface area (Å²) in [5.41, 5.74) is 1.18. The number of carbonyl (C=O) groups is 1. The van der Waals surface area contributed by atoms with Crippen molar-refractivity contribution in [3.63, 3.8) is 0 Å². The zero-order chi connectivity index (χ0) is 15.5. The van der Waals surface area contributed by atoms with Gasteiger partial charge in [-0.2, -0.15) is 5.10 Å². The average molecular weight is 302 g/mol. The first-order valence-corrected chi connectivity index (χ1v) is 7.31. The highest BCUT2D eigenvalue weighted by Crippen LogP contribution is 2.18. The van der Waals surface area contributed by atoms with Gasteiger partial charge in [-0.1, -0.05) is 5.16 Å². The van der Waals surface area contributed by atoms with Crippen LogP contribution in [0.4, 0.5) is 0 Å². The van der Waals surface area contributed by atoms with Crippen LogP contribution in [0.3, 0.4) is 0 Å². The molecule has 0 saturated carbocycles. The summed E-state index contributed by atoms with van der Waals surface area (Å²) in [5, 5.41) is 11.8. The summed E-state index contributed by atoms with van der Waals surface area (Å²) in [7, 11) is 0. The second kappa shape index (κ2) is 6.13. The van der Waals surface area contributed by atoms with Crippen LogP contribution in [0.25, 0.3) is 0 Å². The van der Waals surface area contributed by atoms with E-state index in [-0.39, 0.29) is 12.0 Å². The highest BCUT2D eigenvalue weighted by Gasteiger charge is 2.27. The Kier molecular flexibility index (Phi) is 4.04. The van der Waals surface area contributed by atoms with Gasteiger partial charge in [-0.3, -0.25) is 4.79 Å². The fourth-order valence-corrected chi connectivity index (χ4v) is 2.47. The summed E-state index contributed by atoms with van der Waals surface area (Å²) in [6, 6.07) is 5.30. The topological polar surface area (TPSA) is 81.4 Å². The van der Waals surface area contributed by atoms with Crippen molar-refractivity contribution in [1.82, 2.24) is 20.3 Å². The van der Waals surface area contributed by atoms with Gasteiger partial charge in [0.25, 0.3) is 5.91 Å². The van der Waals surface area contributed by atoms with Crippen molar-refractivity contribution < 1.29 is 14.1 Å². The minimum Gasteiger partial charge on any atom is -0.471 e. The standard InChI is InChI=1S/C15H18N4O3/c1-10-5-6-14(17-16-10)21-12-4-3-7-19(9-12)15(20)13-8-11(2)22-18-13/h5-6,8,12H,3-4,7,9H2,1-2H3. The number of piperidine rings is 1. The molecule has 2 aromatic rings. The third kappa shape index (κ3) is 3.24. The number of amides is 1. The first-order chi connectivity index (χ1) is 10.6. The Morgan fingerprint density at radius 3 is 2.91 bits per heavy atom. The maximum Gasteiger partial charge on any atom is 0.276 e. The zero-order valence-electron chi connectivity index (χ0n) is 12.7. The number of rotatable bonds is 3. The van der Waals surface area contributed by atoms with E-state index in [1.165, 1.54) is 0 Å². The lowest BCUT2D eigenvalue weighted by Gasteiger charge is -2.32. The van der Waals surface area contributed by atoms with Gasteiger partial charge in [-0.05, 0) is 32.8 Å². The van der Waals surface area contributed by atoms with Crippen molar-refractivity contribution in [2.75, 3.05) is 13.1 Å². The number of ether oxygens (including phenoxy) is 1. The molecule has 7 nitrogen and oxygen atoms in total. The van der Waals surface area contributed by atoms with Gasteiger partial charge < -0.3 is 14.2 Å². The van der Waals surface area contributed by atoms with Crippen molar-refractivity contribution in [2.24, 2.45) is 0 Å². The normalized spacial score (nSPS) is 18.3. The predicted octanol–water partition coefficient (Wildman–Crippen LogP) is 1.77. The minimum atomic E-state index is -0.125. The Hall–Kier alpha value is -2.44. The summed E-state index contributed by atoms with van der Waals surface area (Å²) < 4.78 is 10.8. The van der Waals surface area contributed by atoms with Crippen LogP contribution in [-0.2, 0) is 0 Å². The number of carbonyl (C=O) groups excluding carboxylic acids is 1. The third-order valence-corrected chi connectivity index (χ3v) is 3.57. The molecule has 1 fully saturated rings. The lowest BCUT2D eigenvalue weighted by Crippen LogP contribution is -2.44. The molecule has 0 aromatic carbocycles. The molecule has 1 atom stereocenters. The Labute approximate surface area is 128 Å². The van der Waals surface area contributed by atoms with E-state index in [1.54, 1.807) is 24.0 Å². The summed E-state index contributed by atoms with van der Waals surface area (Å²) in [5.74, 6) is 0.991. The maximum atomic E-state index is 12.4. The predicted molar refractivity (Wildman–Crippen MR) is 77.6 cm³/mol. The summed E-state index contributed by atoms with van der Waals surface area (Å²) in [6.07, 6.45) is 1.69. The van der Waals surface area contributed by atoms with E-state index in [1.807, 2.05) is 13.0 Å². The van der Waals surface area contributed by atoms with Gasteiger partial charge >= 0.3 is 0 Å². The highest BCUT2D eigenvalue weighted by molar-refractivity contribution is 5.92. The molecule has 0 radical (unpaired) electrons. The number of nitrogens with zero attached hydrogens (tertiary/aromatic N) is 4. The van der Waals surface area contributed by atoms with E-state index < -0.39 is 0 Å². The van der Waals surface area contributed by atoms with Crippen LogP contribution in [0, 0.1) is 13.8 Å². The molecule has 1 unspecified atom stereocenters. The molecule has 0 bridgehead atoms. The van der Waals surface area contributed by atoms with Crippen molar-refractivity contribution in [1.29, 1.82) is 0 Å². The zero-order valence-corrected chi connectivity index (χ0v) is 12.7. The van der Waals surface area contributed by atoms with Crippen LogP contribution in [-0.4, -0.2) is 45.4 Å². The summed E-state index contributed by atoms with van der Waals surface area (Å²) in [4.78, 5) is 14.1. The van der Waals surface area contributed by atoms with Crippen LogP contribution >= 0.6 is 0 Å². The first-order valence-electron chi connectivity index (χ1n) is 7.31. The van der Waals surface area contributed by atoms with Gasteiger partial charge in [0, 0.05) is 18.7 Å². The molecule has 116 valence electrons. The largest absolute Gasteiger partial charge is 0.471 e. The number of hydrogen-bond acceptors (Lipinski definition) is 6. The molecule has 0 aliphatic carbocycles. The van der Waals surface area contributed by atoms with E-state index in [0.29, 0.717) is 30.4 Å². The number of hydrogen-bond donors (Lipinski definition) is 0. The van der Waals surface area contributed by atoms with Crippen LogP contribution < -0.4 is 4.74 Å². The molecule has 7 heteroatoms. The first kappa shape index (κ1) is 14.5. The summed E-state index contributed by atoms with van der Waals surface area (Å²) >= 11 is 0. The molecule has 3 rings (SSSR count). The fraction of sp³-hybridized carbons (Fsp3) is 0.467. The van der Waals surface area contributed by atoms with E-state index in [0.717, 1.165) is 18.5 Å². The van der Waals surface area contributed by atoms with Gasteiger partial charge in [0.2, 0.25) is 5.88 Å². The molecule has 1 aliphatic rings. The molecule has 1 saturated heterocycles. The lowest BCUT2D eigenvalue weighted by molar-refractivity contribution is 0.0516. The van der Waals surface area contributed by atoms with Crippen LogP contribution in [0.15, 0.2) is 22.7 Å². The molecule has 3 heterocycles. The summed E-state index contributed by atoms with van der Waals surface area (Å²) in [6.45, 7) is 4.85. The van der Waals surface area contributed by atoms with Gasteiger partial charge in [0.1, 0.15) is 11.9 Å². The quantitative estimate of drug-likeness (QED) is 0.859. The molecule has 1 amide bonds. The molecule has 1 aliphatic heterocycles. The van der Waals surface area contributed by atoms with Crippen LogP contribution in [0.2, 0.25) is 0 Å².